The van der Waals surface area contributed by atoms with Gasteiger partial charge in [-0.25, -0.2) is 14.3 Å². The summed E-state index contributed by atoms with van der Waals surface area (Å²) in [6.07, 6.45) is -0.590. The predicted octanol–water partition coefficient (Wildman–Crippen LogP) is 6.44. The number of anilines is 1. The summed E-state index contributed by atoms with van der Waals surface area (Å²) in [5.41, 5.74) is 0.445. The lowest BCUT2D eigenvalue weighted by atomic mass is 10.0. The molecule has 0 unspecified atom stereocenters. The van der Waals surface area contributed by atoms with Gasteiger partial charge in [0.2, 0.25) is 14.3 Å². The fourth-order valence-corrected chi connectivity index (χ4v) is 5.09. The van der Waals surface area contributed by atoms with Crippen LogP contribution in [0.2, 0.25) is 18.1 Å². The van der Waals surface area contributed by atoms with Crippen molar-refractivity contribution in [2.24, 2.45) is 5.92 Å². The number of hydrogen-bond donors (Lipinski definition) is 1. The van der Waals surface area contributed by atoms with E-state index in [4.69, 9.17) is 9.16 Å². The standard InChI is InChI=1S/C28H38FN3O4Si/c1-27(2,3)35-26(34)32-22-11-9-20(36-37(7,8)28(4,5)6)13-19(22)14-23(32)21-10-12-24(30-25(21)29)31-15-18(16-31)17-33/h9-14,18,33H,15-17H2,1-8H3. The Balaban J connectivity index is 1.78. The molecule has 7 nitrogen and oxygen atoms in total. The Hall–Kier alpha value is -2.91. The molecular formula is C28H38FN3O4Si. The number of carbonyl (C=O) groups excluding carboxylic acids is 1. The Bertz CT molecular complexity index is 1320. The zero-order chi connectivity index (χ0) is 27.3. The summed E-state index contributed by atoms with van der Waals surface area (Å²) in [5.74, 6) is 0.741. The highest BCUT2D eigenvalue weighted by Gasteiger charge is 2.39. The van der Waals surface area contributed by atoms with Crippen molar-refractivity contribution in [2.75, 3.05) is 24.6 Å². The van der Waals surface area contributed by atoms with Gasteiger partial charge in [0.25, 0.3) is 0 Å². The number of nitrogens with zero attached hydrogens (tertiary/aromatic N) is 3. The maximum Gasteiger partial charge on any atom is 0.419 e. The van der Waals surface area contributed by atoms with E-state index in [-0.39, 0.29) is 23.1 Å². The molecule has 1 saturated heterocycles. The predicted molar refractivity (Wildman–Crippen MR) is 147 cm³/mol. The van der Waals surface area contributed by atoms with E-state index in [9.17, 15) is 9.90 Å². The van der Waals surface area contributed by atoms with Gasteiger partial charge in [0.15, 0.2) is 0 Å². The smallest absolute Gasteiger partial charge is 0.419 e. The number of halogens is 1. The molecule has 0 atom stereocenters. The highest BCUT2D eigenvalue weighted by atomic mass is 28.4. The fourth-order valence-electron chi connectivity index (χ4n) is 4.07. The van der Waals surface area contributed by atoms with Gasteiger partial charge in [-0.1, -0.05) is 20.8 Å². The van der Waals surface area contributed by atoms with Crippen LogP contribution in [0.25, 0.3) is 22.2 Å². The van der Waals surface area contributed by atoms with Crippen molar-refractivity contribution < 1.29 is 23.5 Å². The molecule has 1 aliphatic heterocycles. The normalized spacial score (nSPS) is 15.1. The summed E-state index contributed by atoms with van der Waals surface area (Å²) in [6.45, 7) is 17.7. The van der Waals surface area contributed by atoms with E-state index in [1.54, 1.807) is 39.0 Å². The number of aliphatic hydroxyl groups excluding tert-OH is 1. The molecule has 3 aromatic rings. The molecule has 3 heterocycles. The molecule has 1 aromatic carbocycles. The van der Waals surface area contributed by atoms with Gasteiger partial charge in [0.05, 0.1) is 16.8 Å². The molecule has 1 aliphatic rings. The molecule has 0 saturated carbocycles. The van der Waals surface area contributed by atoms with Gasteiger partial charge in [-0.3, -0.25) is 0 Å². The SMILES string of the molecule is CC(C)(C)OC(=O)n1c(-c2ccc(N3CC(CO)C3)nc2F)cc2cc(O[Si](C)(C)C(C)(C)C)ccc21. The molecule has 1 N–H and O–H groups in total. The Morgan fingerprint density at radius 1 is 1.11 bits per heavy atom. The minimum Gasteiger partial charge on any atom is -0.543 e. The Morgan fingerprint density at radius 2 is 1.78 bits per heavy atom. The molecule has 0 aliphatic carbocycles. The van der Waals surface area contributed by atoms with Gasteiger partial charge in [-0.2, -0.15) is 4.39 Å². The molecule has 9 heteroatoms. The van der Waals surface area contributed by atoms with Crippen molar-refractivity contribution >= 4 is 31.1 Å². The second kappa shape index (κ2) is 9.44. The Morgan fingerprint density at radius 3 is 2.35 bits per heavy atom. The minimum absolute atomic E-state index is 0.0275. The number of hydrogen-bond acceptors (Lipinski definition) is 6. The lowest BCUT2D eigenvalue weighted by molar-refractivity contribution is 0.0547. The average molecular weight is 528 g/mol. The van der Waals surface area contributed by atoms with Gasteiger partial charge < -0.3 is 19.2 Å². The van der Waals surface area contributed by atoms with Crippen LogP contribution in [-0.2, 0) is 4.74 Å². The Labute approximate surface area is 219 Å². The van der Waals surface area contributed by atoms with Crippen molar-refractivity contribution in [3.05, 3.63) is 42.3 Å². The van der Waals surface area contributed by atoms with Crippen molar-refractivity contribution in [1.29, 1.82) is 0 Å². The van der Waals surface area contributed by atoms with Crippen LogP contribution in [0.15, 0.2) is 36.4 Å². The molecular weight excluding hydrogens is 489 g/mol. The van der Waals surface area contributed by atoms with E-state index in [0.29, 0.717) is 30.1 Å². The molecule has 4 rings (SSSR count). The number of ether oxygens (including phenoxy) is 1. The van der Waals surface area contributed by atoms with Gasteiger partial charge in [0, 0.05) is 31.0 Å². The lowest BCUT2D eigenvalue weighted by Gasteiger charge is -2.39. The van der Waals surface area contributed by atoms with Crippen LogP contribution in [-0.4, -0.2) is 54.4 Å². The maximum atomic E-state index is 15.4. The van der Waals surface area contributed by atoms with E-state index in [2.05, 4.69) is 38.8 Å². The summed E-state index contributed by atoms with van der Waals surface area (Å²) < 4.78 is 29.0. The summed E-state index contributed by atoms with van der Waals surface area (Å²) in [7, 11) is -2.08. The topological polar surface area (TPSA) is 76.8 Å². The van der Waals surface area contributed by atoms with Gasteiger partial charge in [-0.15, -0.1) is 0 Å². The van der Waals surface area contributed by atoms with Crippen molar-refractivity contribution in [2.45, 2.75) is 65.3 Å². The van der Waals surface area contributed by atoms with Gasteiger partial charge >= 0.3 is 6.09 Å². The van der Waals surface area contributed by atoms with Crippen LogP contribution in [0.4, 0.5) is 15.0 Å². The van der Waals surface area contributed by atoms with E-state index < -0.39 is 26.0 Å². The second-order valence-corrected chi connectivity index (χ2v) is 17.1. The first-order chi connectivity index (χ1) is 17.1. The van der Waals surface area contributed by atoms with Crippen LogP contribution in [0.1, 0.15) is 41.5 Å². The van der Waals surface area contributed by atoms with Gasteiger partial charge in [0.1, 0.15) is 17.2 Å². The average Bonchev–Trinajstić information content (AvgIpc) is 3.09. The van der Waals surface area contributed by atoms with Crippen molar-refractivity contribution in [3.8, 4) is 17.0 Å². The molecule has 200 valence electrons. The zero-order valence-electron chi connectivity index (χ0n) is 23.1. The number of carbonyl (C=O) groups is 1. The lowest BCUT2D eigenvalue weighted by Crippen LogP contribution is -2.48. The number of rotatable bonds is 5. The third-order valence-corrected chi connectivity index (χ3v) is 11.5. The molecule has 0 radical (unpaired) electrons. The van der Waals surface area contributed by atoms with Crippen LogP contribution >= 0.6 is 0 Å². The molecule has 1 fully saturated rings. The quantitative estimate of drug-likeness (QED) is 0.304. The summed E-state index contributed by atoms with van der Waals surface area (Å²) in [5, 5.41) is 10.0. The number of fused-ring (bicyclic) bond motifs is 1. The molecule has 37 heavy (non-hydrogen) atoms. The number of benzene rings is 1. The van der Waals surface area contributed by atoms with E-state index >= 15 is 4.39 Å². The van der Waals surface area contributed by atoms with Crippen molar-refractivity contribution in [1.82, 2.24) is 9.55 Å². The Kier molecular flexibility index (Phi) is 6.92. The summed E-state index contributed by atoms with van der Waals surface area (Å²) in [6, 6.07) is 10.7. The molecule has 0 amide bonds. The molecule has 0 spiro atoms. The fraction of sp³-hybridized carbons (Fsp3) is 0.500. The highest BCUT2D eigenvalue weighted by molar-refractivity contribution is 6.74. The third kappa shape index (κ3) is 5.52. The highest BCUT2D eigenvalue weighted by Crippen LogP contribution is 2.39. The molecule has 2 aromatic heterocycles. The van der Waals surface area contributed by atoms with Crippen LogP contribution in [0, 0.1) is 11.9 Å². The first-order valence-corrected chi connectivity index (χ1v) is 15.6. The monoisotopic (exact) mass is 527 g/mol. The largest absolute Gasteiger partial charge is 0.543 e. The second-order valence-electron chi connectivity index (χ2n) is 12.4. The number of aliphatic hydroxyl groups is 1. The summed E-state index contributed by atoms with van der Waals surface area (Å²) >= 11 is 0. The van der Waals surface area contributed by atoms with E-state index in [0.717, 1.165) is 11.1 Å². The first kappa shape index (κ1) is 27.1. The van der Waals surface area contributed by atoms with Crippen LogP contribution in [0.3, 0.4) is 0 Å². The number of aromatic nitrogens is 2. The van der Waals surface area contributed by atoms with Crippen molar-refractivity contribution in [3.63, 3.8) is 0 Å². The minimum atomic E-state index is -2.08. The number of pyridine rings is 1. The summed E-state index contributed by atoms with van der Waals surface area (Å²) in [4.78, 5) is 19.4. The van der Waals surface area contributed by atoms with E-state index in [1.807, 2.05) is 23.1 Å². The first-order valence-electron chi connectivity index (χ1n) is 12.7. The molecule has 0 bridgehead atoms. The third-order valence-electron chi connectivity index (χ3n) is 7.18. The van der Waals surface area contributed by atoms with Gasteiger partial charge in [-0.05, 0) is 75.3 Å². The van der Waals surface area contributed by atoms with E-state index in [1.165, 1.54) is 4.57 Å². The van der Waals surface area contributed by atoms with Crippen LogP contribution < -0.4 is 9.33 Å². The maximum absolute atomic E-state index is 15.4. The zero-order valence-corrected chi connectivity index (χ0v) is 24.1. The van der Waals surface area contributed by atoms with Crippen LogP contribution in [0.5, 0.6) is 5.75 Å².